The summed E-state index contributed by atoms with van der Waals surface area (Å²) in [5.74, 6) is -4.94. The first-order valence-electron chi connectivity index (χ1n) is 23.7. The third kappa shape index (κ3) is 16.5. The molecule has 402 valence electrons. The Labute approximate surface area is 435 Å². The van der Waals surface area contributed by atoms with Gasteiger partial charge in [-0.05, 0) is 96.8 Å². The van der Waals surface area contributed by atoms with E-state index in [4.69, 9.17) is 25.1 Å². The Bertz CT molecular complexity index is 2630. The maximum absolute atomic E-state index is 14.1. The van der Waals surface area contributed by atoms with Crippen molar-refractivity contribution in [3.05, 3.63) is 106 Å². The number of likely N-dealkylation sites (tertiary alicyclic amines) is 3. The molecule has 1 N–H and O–H groups in total. The fourth-order valence-electron chi connectivity index (χ4n) is 7.87. The van der Waals surface area contributed by atoms with Crippen LogP contribution in [0.5, 0.6) is 0 Å². The monoisotopic (exact) mass is 1070 g/mol. The predicted molar refractivity (Wildman–Crippen MR) is 259 cm³/mol. The third-order valence-electron chi connectivity index (χ3n) is 13.3. The highest BCUT2D eigenvalue weighted by Crippen LogP contribution is 2.37. The number of pyridine rings is 2. The highest BCUT2D eigenvalue weighted by Gasteiger charge is 2.52. The van der Waals surface area contributed by atoms with Gasteiger partial charge in [0.15, 0.2) is 23.0 Å². The summed E-state index contributed by atoms with van der Waals surface area (Å²) >= 11 is 0. The van der Waals surface area contributed by atoms with Crippen molar-refractivity contribution in [2.75, 3.05) is 39.3 Å². The van der Waals surface area contributed by atoms with Gasteiger partial charge in [-0.25, -0.2) is 18.7 Å². The summed E-state index contributed by atoms with van der Waals surface area (Å²) in [4.78, 5) is 46.1. The van der Waals surface area contributed by atoms with E-state index in [2.05, 4.69) is 25.1 Å². The number of amides is 2. The molecule has 0 bridgehead atoms. The fourth-order valence-corrected chi connectivity index (χ4v) is 7.87. The second kappa shape index (κ2) is 26.8. The van der Waals surface area contributed by atoms with E-state index in [1.54, 1.807) is 24.5 Å². The highest BCUT2D eigenvalue weighted by atomic mass is 35.5. The molecule has 0 unspecified atom stereocenters. The van der Waals surface area contributed by atoms with E-state index >= 15 is 0 Å². The van der Waals surface area contributed by atoms with Crippen LogP contribution in [0.2, 0.25) is 0 Å². The summed E-state index contributed by atoms with van der Waals surface area (Å²) in [5.41, 5.74) is -0.593. The normalized spacial score (nSPS) is 18.7. The number of carbonyl (C=O) groups excluding carboxylic acids is 3. The van der Waals surface area contributed by atoms with E-state index in [1.165, 1.54) is 39.9 Å². The predicted octanol–water partition coefficient (Wildman–Crippen LogP) is 9.03. The van der Waals surface area contributed by atoms with Crippen LogP contribution in [0.4, 0.5) is 35.1 Å². The lowest BCUT2D eigenvalue weighted by Gasteiger charge is -2.44. The van der Waals surface area contributed by atoms with Crippen LogP contribution in [0.25, 0.3) is 0 Å². The number of nitriles is 3. The molecule has 6 fully saturated rings. The number of nitrogens with one attached hydrogen (secondary N) is 1. The Hall–Kier alpha value is -6.52. The quantitative estimate of drug-likeness (QED) is 0.148. The van der Waals surface area contributed by atoms with Gasteiger partial charge in [0.2, 0.25) is 0 Å². The average molecular weight is 1080 g/mol. The molecule has 3 aromatic heterocycles. The van der Waals surface area contributed by atoms with Crippen LogP contribution in [-0.4, -0.2) is 116 Å². The smallest absolute Gasteiger partial charge is 0.399 e. The maximum atomic E-state index is 14.1. The number of piperidine rings is 2. The number of Topliss-reactive ketones (excluding diaryl/α,β-unsaturated/α-hetero) is 1. The van der Waals surface area contributed by atoms with Crippen molar-refractivity contribution in [2.45, 2.75) is 121 Å². The van der Waals surface area contributed by atoms with Crippen LogP contribution in [0, 0.1) is 45.6 Å². The van der Waals surface area contributed by atoms with Crippen LogP contribution in [0.1, 0.15) is 124 Å². The molecule has 2 aliphatic carbocycles. The number of aromatic nitrogens is 4. The lowest BCUT2D eigenvalue weighted by Crippen LogP contribution is -2.52. The van der Waals surface area contributed by atoms with Gasteiger partial charge in [-0.15, -0.1) is 12.4 Å². The molecule has 9 rings (SSSR count). The lowest BCUT2D eigenvalue weighted by atomic mass is 9.82. The molecule has 7 heterocycles. The molecule has 2 amide bonds. The molecule has 2 saturated carbocycles. The zero-order valence-electron chi connectivity index (χ0n) is 41.7. The number of rotatable bonds is 4. The van der Waals surface area contributed by atoms with Gasteiger partial charge in [-0.2, -0.15) is 47.2 Å². The maximum Gasteiger partial charge on any atom is 0.498 e. The van der Waals surface area contributed by atoms with Gasteiger partial charge in [-0.3, -0.25) is 24.4 Å². The van der Waals surface area contributed by atoms with Crippen molar-refractivity contribution in [1.82, 2.24) is 34.9 Å². The second-order valence-electron chi connectivity index (χ2n) is 18.9. The molecule has 15 nitrogen and oxygen atoms in total. The van der Waals surface area contributed by atoms with Gasteiger partial charge in [0, 0.05) is 107 Å². The number of allylic oxidation sites excluding steroid dienone is 5. The summed E-state index contributed by atoms with van der Waals surface area (Å²) < 4.78 is 115. The first-order chi connectivity index (χ1) is 34.9. The zero-order chi connectivity index (χ0) is 54.4. The molecule has 25 heteroatoms. The van der Waals surface area contributed by atoms with Gasteiger partial charge in [0.1, 0.15) is 5.78 Å². The number of hydrogen-bond donors (Lipinski definition) is 1. The van der Waals surface area contributed by atoms with Crippen molar-refractivity contribution in [2.24, 2.45) is 0 Å². The van der Waals surface area contributed by atoms with E-state index in [9.17, 15) is 49.5 Å². The number of alkyl halides is 6. The van der Waals surface area contributed by atoms with Crippen molar-refractivity contribution < 1.29 is 58.8 Å². The lowest BCUT2D eigenvalue weighted by molar-refractivity contribution is -0.144. The number of ketones is 1. The van der Waals surface area contributed by atoms with Gasteiger partial charge in [-0.1, -0.05) is 11.1 Å². The van der Waals surface area contributed by atoms with Gasteiger partial charge >= 0.3 is 19.5 Å². The van der Waals surface area contributed by atoms with Crippen molar-refractivity contribution >= 4 is 42.6 Å². The first-order valence-corrected chi connectivity index (χ1v) is 23.7. The minimum Gasteiger partial charge on any atom is -0.399 e. The molecule has 6 aliphatic rings. The zero-order valence-corrected chi connectivity index (χ0v) is 42.5. The van der Waals surface area contributed by atoms with E-state index < -0.39 is 58.3 Å². The van der Waals surface area contributed by atoms with Gasteiger partial charge in [0.25, 0.3) is 11.8 Å². The summed E-state index contributed by atoms with van der Waals surface area (Å²) in [6.07, 6.45) is 8.78. The van der Waals surface area contributed by atoms with Gasteiger partial charge in [0.05, 0.1) is 40.5 Å². The molecule has 0 radical (unpaired) electrons. The number of halogens is 9. The Morgan fingerprint density at radius 1 is 0.707 bits per heavy atom. The largest absolute Gasteiger partial charge is 0.498 e. The standard InChI is InChI=1S/C17H16F4N4O.C12H10F4N2O2.C9H15BN2O2.2C6H7N.ClH/c18-14-13(2-6-23-15(14)17(19,20)21)16(26)24-7-3-12(4-8-24)25-9-11(10-25)1-5-22;13-9-8(1-4-17-10(9)12(14,15)16)11(20)18-5-2-7(19)3-6-18;1-8(2)9(3,4)14-10(13-8)7-5-11-12-6-7;2*7-5-4-6-2-1-3-6;/h1-2,6,12H,3-4,7-10H2;1,4H,2-3,5-6H2;5-6H,1-4H3,(H,11,12);2*4H,1-3H2;1H. The van der Waals surface area contributed by atoms with E-state index in [0.717, 1.165) is 74.3 Å². The molecule has 4 saturated heterocycles. The Morgan fingerprint density at radius 2 is 1.12 bits per heavy atom. The topological polar surface area (TPSA) is 205 Å². The Morgan fingerprint density at radius 3 is 1.47 bits per heavy atom. The molecule has 4 aliphatic heterocycles. The molecular weight excluding hydrogens is 1020 g/mol. The summed E-state index contributed by atoms with van der Waals surface area (Å²) in [7, 11) is -0.307. The number of carbonyl (C=O) groups is 3. The number of H-pyrrole nitrogens is 1. The highest BCUT2D eigenvalue weighted by molar-refractivity contribution is 6.61. The van der Waals surface area contributed by atoms with Crippen molar-refractivity contribution in [3.63, 3.8) is 0 Å². The third-order valence-corrected chi connectivity index (χ3v) is 13.3. The van der Waals surface area contributed by atoms with Crippen LogP contribution in [-0.2, 0) is 26.5 Å². The minimum absolute atomic E-state index is 0. The second-order valence-corrected chi connectivity index (χ2v) is 18.9. The molecule has 0 spiro atoms. The SMILES string of the molecule is CC1(C)OB(c2cn[nH]c2)OC1(C)C.Cl.N#CC=C1CCC1.N#CC=C1CCC1.N#CC=C1CN(C2CCN(C(=O)c3ccnc(C(F)(F)F)c3F)CC2)C1.O=C1CCN(C(=O)c2ccnc(C(F)(F)F)c2F)CC1. The van der Waals surface area contributed by atoms with Crippen LogP contribution in [0.3, 0.4) is 0 Å². The average Bonchev–Trinajstić information content (AvgIpc) is 3.92. The molecule has 3 aromatic rings. The molecule has 0 atom stereocenters. The Kier molecular flexibility index (Phi) is 21.8. The fraction of sp³-hybridized carbons (Fsp3) is 0.500. The van der Waals surface area contributed by atoms with E-state index in [1.807, 2.05) is 45.9 Å². The summed E-state index contributed by atoms with van der Waals surface area (Å²) in [5, 5.41) is 31.4. The molecule has 75 heavy (non-hydrogen) atoms. The van der Waals surface area contributed by atoms with Crippen LogP contribution in [0.15, 0.2) is 71.9 Å². The van der Waals surface area contributed by atoms with Crippen LogP contribution < -0.4 is 5.46 Å². The van der Waals surface area contributed by atoms with Crippen LogP contribution >= 0.6 is 12.4 Å². The first kappa shape index (κ1) is 61.0. The van der Waals surface area contributed by atoms with E-state index in [0.29, 0.717) is 25.9 Å². The molecular formula is C50H56BClF8N10O5. The minimum atomic E-state index is -4.96. The molecule has 0 aromatic carbocycles. The van der Waals surface area contributed by atoms with E-state index in [-0.39, 0.29) is 68.5 Å². The summed E-state index contributed by atoms with van der Waals surface area (Å²) in [6, 6.07) is 8.14. The Balaban J connectivity index is 0.000000219. The van der Waals surface area contributed by atoms with Crippen molar-refractivity contribution in [3.8, 4) is 18.2 Å². The summed E-state index contributed by atoms with van der Waals surface area (Å²) in [6.45, 7) is 10.4. The van der Waals surface area contributed by atoms with Gasteiger partial charge < -0.3 is 19.1 Å². The number of hydrogen-bond acceptors (Lipinski definition) is 12. The number of nitrogens with zero attached hydrogens (tertiary/aromatic N) is 9. The van der Waals surface area contributed by atoms with Crippen molar-refractivity contribution in [1.29, 1.82) is 15.8 Å². The number of aromatic amines is 1.